The average molecular weight is 270 g/mol. The van der Waals surface area contributed by atoms with Crippen molar-refractivity contribution < 1.29 is 9.53 Å². The zero-order chi connectivity index (χ0) is 14.2. The maximum atomic E-state index is 12.0. The van der Waals surface area contributed by atoms with E-state index in [1.54, 1.807) is 0 Å². The second-order valence-electron chi connectivity index (χ2n) is 5.11. The van der Waals surface area contributed by atoms with Crippen molar-refractivity contribution >= 4 is 5.97 Å². The minimum absolute atomic E-state index is 0.239. The molecular weight excluding hydrogens is 252 g/mol. The fourth-order valence-electron chi connectivity index (χ4n) is 2.88. The number of benzene rings is 1. The lowest BCUT2D eigenvalue weighted by Crippen LogP contribution is -2.47. The third kappa shape index (κ3) is 1.84. The van der Waals surface area contributed by atoms with Crippen LogP contribution in [0.2, 0.25) is 0 Å². The standard InChI is InChI=1S/C16H18N2O2/c1-17-11-7-9-16(18-2,10-8-11)14-12-5-3-4-6-13(12)15(19)20-14/h3-9,14,17-18H,10H2,1-2H3. The molecule has 104 valence electrons. The third-order valence-corrected chi connectivity index (χ3v) is 4.13. The van der Waals surface area contributed by atoms with Crippen LogP contribution in [-0.4, -0.2) is 25.6 Å². The van der Waals surface area contributed by atoms with Gasteiger partial charge in [0.1, 0.15) is 6.10 Å². The van der Waals surface area contributed by atoms with E-state index in [0.29, 0.717) is 5.56 Å². The van der Waals surface area contributed by atoms with Crippen LogP contribution in [0.5, 0.6) is 0 Å². The Bertz CT molecular complexity index is 606. The fourth-order valence-corrected chi connectivity index (χ4v) is 2.88. The van der Waals surface area contributed by atoms with E-state index in [4.69, 9.17) is 4.74 Å². The number of carbonyl (C=O) groups excluding carboxylic acids is 1. The molecule has 0 radical (unpaired) electrons. The highest BCUT2D eigenvalue weighted by Gasteiger charge is 2.45. The number of rotatable bonds is 3. The van der Waals surface area contributed by atoms with Gasteiger partial charge in [0.15, 0.2) is 0 Å². The Labute approximate surface area is 118 Å². The van der Waals surface area contributed by atoms with Gasteiger partial charge in [-0.3, -0.25) is 0 Å². The summed E-state index contributed by atoms with van der Waals surface area (Å²) in [5.41, 5.74) is 2.32. The van der Waals surface area contributed by atoms with Crippen LogP contribution in [0.1, 0.15) is 28.4 Å². The molecule has 2 unspecified atom stereocenters. The van der Waals surface area contributed by atoms with Crippen LogP contribution in [0.25, 0.3) is 0 Å². The average Bonchev–Trinajstić information content (AvgIpc) is 2.85. The molecule has 1 heterocycles. The molecule has 3 rings (SSSR count). The van der Waals surface area contributed by atoms with Crippen LogP contribution in [0.4, 0.5) is 0 Å². The van der Waals surface area contributed by atoms with E-state index in [9.17, 15) is 4.79 Å². The van der Waals surface area contributed by atoms with Crippen LogP contribution >= 0.6 is 0 Å². The first kappa shape index (κ1) is 12.9. The molecule has 1 aliphatic heterocycles. The minimum atomic E-state index is -0.386. The van der Waals surface area contributed by atoms with Crippen molar-refractivity contribution in [2.45, 2.75) is 18.1 Å². The summed E-state index contributed by atoms with van der Waals surface area (Å²) >= 11 is 0. The number of cyclic esters (lactones) is 1. The van der Waals surface area contributed by atoms with Crippen molar-refractivity contribution in [2.24, 2.45) is 0 Å². The van der Waals surface area contributed by atoms with Crippen molar-refractivity contribution in [3.8, 4) is 0 Å². The van der Waals surface area contributed by atoms with Crippen LogP contribution < -0.4 is 10.6 Å². The van der Waals surface area contributed by atoms with E-state index in [1.807, 2.05) is 44.4 Å². The molecule has 4 nitrogen and oxygen atoms in total. The van der Waals surface area contributed by atoms with Crippen molar-refractivity contribution in [3.05, 3.63) is 59.3 Å². The molecule has 0 saturated carbocycles. The number of esters is 1. The number of carbonyl (C=O) groups is 1. The van der Waals surface area contributed by atoms with E-state index in [0.717, 1.165) is 17.7 Å². The SMILES string of the molecule is CNC1=CCC(NC)(C2OC(=O)c3ccccc32)C=C1. The summed E-state index contributed by atoms with van der Waals surface area (Å²) in [7, 11) is 3.80. The molecule has 4 heteroatoms. The Hall–Kier alpha value is -2.07. The normalized spacial score (nSPS) is 27.8. The highest BCUT2D eigenvalue weighted by atomic mass is 16.6. The van der Waals surface area contributed by atoms with Gasteiger partial charge in [0, 0.05) is 18.3 Å². The topological polar surface area (TPSA) is 50.4 Å². The molecule has 2 aliphatic rings. The number of ether oxygens (including phenoxy) is 1. The maximum absolute atomic E-state index is 12.0. The lowest BCUT2D eigenvalue weighted by atomic mass is 9.81. The summed E-state index contributed by atoms with van der Waals surface area (Å²) in [5.74, 6) is -0.239. The predicted molar refractivity (Wildman–Crippen MR) is 77.3 cm³/mol. The van der Waals surface area contributed by atoms with E-state index < -0.39 is 0 Å². The Morgan fingerprint density at radius 1 is 1.30 bits per heavy atom. The van der Waals surface area contributed by atoms with Crippen molar-refractivity contribution in [3.63, 3.8) is 0 Å². The third-order valence-electron chi connectivity index (χ3n) is 4.13. The predicted octanol–water partition coefficient (Wildman–Crippen LogP) is 1.92. The molecule has 1 aromatic rings. The van der Waals surface area contributed by atoms with Gasteiger partial charge in [-0.15, -0.1) is 0 Å². The van der Waals surface area contributed by atoms with Gasteiger partial charge in [-0.1, -0.05) is 30.4 Å². The van der Waals surface area contributed by atoms with Crippen LogP contribution in [-0.2, 0) is 4.74 Å². The molecule has 0 amide bonds. The second-order valence-corrected chi connectivity index (χ2v) is 5.11. The molecule has 1 aliphatic carbocycles. The largest absolute Gasteiger partial charge is 0.452 e. The van der Waals surface area contributed by atoms with E-state index in [2.05, 4.69) is 22.8 Å². The van der Waals surface area contributed by atoms with Gasteiger partial charge >= 0.3 is 5.97 Å². The number of fused-ring (bicyclic) bond motifs is 1. The van der Waals surface area contributed by atoms with Crippen molar-refractivity contribution in [1.82, 2.24) is 10.6 Å². The lowest BCUT2D eigenvalue weighted by molar-refractivity contribution is 0.0194. The zero-order valence-electron chi connectivity index (χ0n) is 11.6. The first-order chi connectivity index (χ1) is 9.70. The smallest absolute Gasteiger partial charge is 0.339 e. The van der Waals surface area contributed by atoms with Gasteiger partial charge < -0.3 is 15.4 Å². The fraction of sp³-hybridized carbons (Fsp3) is 0.312. The van der Waals surface area contributed by atoms with Gasteiger partial charge in [0.2, 0.25) is 0 Å². The number of allylic oxidation sites excluding steroid dienone is 1. The van der Waals surface area contributed by atoms with E-state index in [-0.39, 0.29) is 17.6 Å². The van der Waals surface area contributed by atoms with Gasteiger partial charge in [-0.2, -0.15) is 0 Å². The lowest BCUT2D eigenvalue weighted by Gasteiger charge is -2.36. The second kappa shape index (κ2) is 4.80. The zero-order valence-corrected chi connectivity index (χ0v) is 11.6. The maximum Gasteiger partial charge on any atom is 0.339 e. The molecule has 20 heavy (non-hydrogen) atoms. The minimum Gasteiger partial charge on any atom is -0.452 e. The van der Waals surface area contributed by atoms with Gasteiger partial charge in [0.05, 0.1) is 11.1 Å². The molecule has 2 atom stereocenters. The Kier molecular flexibility index (Phi) is 3.10. The van der Waals surface area contributed by atoms with Crippen molar-refractivity contribution in [1.29, 1.82) is 0 Å². The van der Waals surface area contributed by atoms with Gasteiger partial charge in [-0.05, 0) is 25.6 Å². The summed E-state index contributed by atoms with van der Waals surface area (Å²) in [6, 6.07) is 7.60. The van der Waals surface area contributed by atoms with E-state index in [1.165, 1.54) is 0 Å². The highest BCUT2D eigenvalue weighted by Crippen LogP contribution is 2.42. The molecule has 2 N–H and O–H groups in total. The number of nitrogens with one attached hydrogen (secondary N) is 2. The van der Waals surface area contributed by atoms with Crippen molar-refractivity contribution in [2.75, 3.05) is 14.1 Å². The van der Waals surface area contributed by atoms with Crippen LogP contribution in [0.15, 0.2) is 48.2 Å². The van der Waals surface area contributed by atoms with Gasteiger partial charge in [-0.25, -0.2) is 4.79 Å². The Balaban J connectivity index is 1.99. The summed E-state index contributed by atoms with van der Waals surface area (Å²) in [6.45, 7) is 0. The molecule has 0 spiro atoms. The summed E-state index contributed by atoms with van der Waals surface area (Å²) in [6.07, 6.45) is 6.70. The monoisotopic (exact) mass is 270 g/mol. The van der Waals surface area contributed by atoms with E-state index >= 15 is 0 Å². The summed E-state index contributed by atoms with van der Waals surface area (Å²) in [4.78, 5) is 12.0. The quantitative estimate of drug-likeness (QED) is 0.824. The summed E-state index contributed by atoms with van der Waals surface area (Å²) in [5, 5.41) is 6.45. The number of likely N-dealkylation sites (N-methyl/N-ethyl adjacent to an activating group) is 2. The van der Waals surface area contributed by atoms with Crippen LogP contribution in [0, 0.1) is 0 Å². The Morgan fingerprint density at radius 2 is 2.10 bits per heavy atom. The molecule has 1 aromatic carbocycles. The van der Waals surface area contributed by atoms with Gasteiger partial charge in [0.25, 0.3) is 0 Å². The Morgan fingerprint density at radius 3 is 2.75 bits per heavy atom. The number of hydrogen-bond acceptors (Lipinski definition) is 4. The molecular formula is C16H18N2O2. The number of hydrogen-bond donors (Lipinski definition) is 2. The molecule has 0 bridgehead atoms. The first-order valence-electron chi connectivity index (χ1n) is 6.76. The first-order valence-corrected chi connectivity index (χ1v) is 6.76. The van der Waals surface area contributed by atoms with Crippen LogP contribution in [0.3, 0.4) is 0 Å². The molecule has 0 aromatic heterocycles. The molecule has 0 saturated heterocycles. The highest BCUT2D eigenvalue weighted by molar-refractivity contribution is 5.94. The summed E-state index contributed by atoms with van der Waals surface area (Å²) < 4.78 is 5.63. The molecule has 0 fully saturated rings.